The van der Waals surface area contributed by atoms with Gasteiger partial charge in [0.2, 0.25) is 0 Å². The summed E-state index contributed by atoms with van der Waals surface area (Å²) < 4.78 is 0. The molecule has 0 nitrogen and oxygen atoms in total. The van der Waals surface area contributed by atoms with Crippen LogP contribution in [0.5, 0.6) is 0 Å². The minimum Gasteiger partial charge on any atom is -0.0588 e. The van der Waals surface area contributed by atoms with Crippen molar-refractivity contribution in [3.8, 4) is 0 Å². The van der Waals surface area contributed by atoms with Crippen LogP contribution in [-0.2, 0) is 0 Å². The summed E-state index contributed by atoms with van der Waals surface area (Å²) in [5.41, 5.74) is 1.97. The average molecular weight is 135 g/mol. The van der Waals surface area contributed by atoms with E-state index in [9.17, 15) is 0 Å². The molecular formula is C10H15+. The van der Waals surface area contributed by atoms with Gasteiger partial charge in [-0.25, -0.2) is 0 Å². The van der Waals surface area contributed by atoms with Gasteiger partial charge >= 0.3 is 0 Å². The molecule has 0 aromatic carbocycles. The molecule has 0 aliphatic heterocycles. The zero-order valence-electron chi connectivity index (χ0n) is 6.85. The van der Waals surface area contributed by atoms with Crippen molar-refractivity contribution in [2.24, 2.45) is 17.3 Å². The molecular weight excluding hydrogens is 120 g/mol. The van der Waals surface area contributed by atoms with E-state index < -0.39 is 0 Å². The summed E-state index contributed by atoms with van der Waals surface area (Å²) in [7, 11) is 0. The van der Waals surface area contributed by atoms with Crippen molar-refractivity contribution in [3.63, 3.8) is 0 Å². The average Bonchev–Trinajstić information content (AvgIpc) is 1.87. The van der Waals surface area contributed by atoms with Gasteiger partial charge in [0.15, 0.2) is 0 Å². The molecule has 3 aliphatic carbocycles. The van der Waals surface area contributed by atoms with E-state index >= 15 is 0 Å². The SMILES string of the molecule is C=C1[CH+]CC2CC1C2(C)C. The lowest BCUT2D eigenvalue weighted by atomic mass is 9.47. The van der Waals surface area contributed by atoms with Crippen molar-refractivity contribution in [2.45, 2.75) is 26.7 Å². The third-order valence-electron chi connectivity index (χ3n) is 3.58. The van der Waals surface area contributed by atoms with Crippen LogP contribution in [0.2, 0.25) is 0 Å². The van der Waals surface area contributed by atoms with E-state index in [1.807, 2.05) is 0 Å². The first-order valence-electron chi connectivity index (χ1n) is 4.14. The van der Waals surface area contributed by atoms with Crippen molar-refractivity contribution in [1.29, 1.82) is 0 Å². The Morgan fingerprint density at radius 1 is 1.60 bits per heavy atom. The highest BCUT2D eigenvalue weighted by atomic mass is 14.6. The highest BCUT2D eigenvalue weighted by Gasteiger charge is 2.55. The van der Waals surface area contributed by atoms with Crippen LogP contribution in [0.25, 0.3) is 0 Å². The quantitative estimate of drug-likeness (QED) is 0.448. The first-order chi connectivity index (χ1) is 4.62. The Hall–Kier alpha value is -0.390. The number of hydrogen-bond acceptors (Lipinski definition) is 0. The maximum absolute atomic E-state index is 4.07. The lowest BCUT2D eigenvalue weighted by molar-refractivity contribution is -0.0124. The molecule has 3 fully saturated rings. The second-order valence-electron chi connectivity index (χ2n) is 4.32. The summed E-state index contributed by atoms with van der Waals surface area (Å²) in [6.45, 7) is 8.83. The van der Waals surface area contributed by atoms with Crippen LogP contribution in [0.1, 0.15) is 26.7 Å². The number of fused-ring (bicyclic) bond motifs is 2. The van der Waals surface area contributed by atoms with Crippen molar-refractivity contribution in [2.75, 3.05) is 0 Å². The van der Waals surface area contributed by atoms with Crippen LogP contribution in [0.3, 0.4) is 0 Å². The van der Waals surface area contributed by atoms with Crippen LogP contribution >= 0.6 is 0 Å². The van der Waals surface area contributed by atoms with Crippen LogP contribution in [0.4, 0.5) is 0 Å². The maximum Gasteiger partial charge on any atom is 0.103 e. The Balaban J connectivity index is 2.23. The van der Waals surface area contributed by atoms with Gasteiger partial charge < -0.3 is 0 Å². The number of allylic oxidation sites excluding steroid dienone is 1. The van der Waals surface area contributed by atoms with Crippen molar-refractivity contribution in [3.05, 3.63) is 18.6 Å². The van der Waals surface area contributed by atoms with Crippen molar-refractivity contribution < 1.29 is 0 Å². The Labute approximate surface area is 63.3 Å². The predicted octanol–water partition coefficient (Wildman–Crippen LogP) is 2.81. The molecule has 0 aromatic rings. The van der Waals surface area contributed by atoms with Gasteiger partial charge in [-0.05, 0) is 17.8 Å². The van der Waals surface area contributed by atoms with Gasteiger partial charge in [0, 0.05) is 25.3 Å². The van der Waals surface area contributed by atoms with Gasteiger partial charge in [-0.1, -0.05) is 13.8 Å². The van der Waals surface area contributed by atoms with E-state index in [0.29, 0.717) is 5.41 Å². The Kier molecular flexibility index (Phi) is 1.02. The molecule has 2 bridgehead atoms. The molecule has 54 valence electrons. The fraction of sp³-hybridized carbons (Fsp3) is 0.700. The molecule has 3 rings (SSSR count). The van der Waals surface area contributed by atoms with Gasteiger partial charge in [-0.15, -0.1) is 0 Å². The van der Waals surface area contributed by atoms with Gasteiger partial charge in [0.1, 0.15) is 5.57 Å². The predicted molar refractivity (Wildman–Crippen MR) is 43.4 cm³/mol. The molecule has 0 spiro atoms. The van der Waals surface area contributed by atoms with Crippen molar-refractivity contribution in [1.82, 2.24) is 0 Å². The molecule has 0 N–H and O–H groups in total. The largest absolute Gasteiger partial charge is 0.103 e. The molecule has 0 heterocycles. The monoisotopic (exact) mass is 135 g/mol. The topological polar surface area (TPSA) is 0 Å². The summed E-state index contributed by atoms with van der Waals surface area (Å²) in [4.78, 5) is 0. The molecule has 3 saturated carbocycles. The van der Waals surface area contributed by atoms with Gasteiger partial charge in [0.25, 0.3) is 0 Å². The Morgan fingerprint density at radius 3 is 2.60 bits per heavy atom. The molecule has 0 saturated heterocycles. The van der Waals surface area contributed by atoms with Crippen molar-refractivity contribution >= 4 is 0 Å². The van der Waals surface area contributed by atoms with Gasteiger partial charge in [-0.2, -0.15) is 0 Å². The number of rotatable bonds is 0. The van der Waals surface area contributed by atoms with E-state index in [-0.39, 0.29) is 0 Å². The lowest BCUT2D eigenvalue weighted by Gasteiger charge is -2.54. The first kappa shape index (κ1) is 6.33. The van der Waals surface area contributed by atoms with Crippen LogP contribution in [0, 0.1) is 23.7 Å². The molecule has 0 amide bonds. The van der Waals surface area contributed by atoms with Crippen LogP contribution in [0.15, 0.2) is 12.2 Å². The molecule has 2 atom stereocenters. The number of hydrogen-bond donors (Lipinski definition) is 0. The molecule has 0 aromatic heterocycles. The molecule has 0 radical (unpaired) electrons. The highest BCUT2D eigenvalue weighted by Crippen LogP contribution is 2.60. The summed E-state index contributed by atoms with van der Waals surface area (Å²) in [6.07, 6.45) is 5.01. The maximum atomic E-state index is 4.07. The van der Waals surface area contributed by atoms with E-state index in [1.165, 1.54) is 18.4 Å². The summed E-state index contributed by atoms with van der Waals surface area (Å²) in [6, 6.07) is 0. The lowest BCUT2D eigenvalue weighted by Crippen LogP contribution is -2.49. The van der Waals surface area contributed by atoms with E-state index in [2.05, 4.69) is 26.8 Å². The third-order valence-corrected chi connectivity index (χ3v) is 3.58. The van der Waals surface area contributed by atoms with Crippen LogP contribution < -0.4 is 0 Å². The minimum absolute atomic E-state index is 0.575. The second kappa shape index (κ2) is 1.61. The minimum atomic E-state index is 0.575. The smallest absolute Gasteiger partial charge is 0.0588 e. The highest BCUT2D eigenvalue weighted by molar-refractivity contribution is 5.26. The Morgan fingerprint density at radius 2 is 2.30 bits per heavy atom. The fourth-order valence-electron chi connectivity index (χ4n) is 2.48. The Bertz CT molecular complexity index is 174. The summed E-state index contributed by atoms with van der Waals surface area (Å²) in [5, 5.41) is 0. The first-order valence-corrected chi connectivity index (χ1v) is 4.14. The summed E-state index contributed by atoms with van der Waals surface area (Å²) >= 11 is 0. The normalized spacial score (nSPS) is 42.0. The van der Waals surface area contributed by atoms with Crippen LogP contribution in [-0.4, -0.2) is 0 Å². The standard InChI is InChI=1S/C10H15/c1-7-4-5-8-6-9(7)10(8,2)3/h4,8-9H,1,5-6H2,2-3H3/q+1. The molecule has 0 heteroatoms. The fourth-order valence-corrected chi connectivity index (χ4v) is 2.48. The van der Waals surface area contributed by atoms with E-state index in [0.717, 1.165) is 11.8 Å². The second-order valence-corrected chi connectivity index (χ2v) is 4.32. The van der Waals surface area contributed by atoms with E-state index in [1.54, 1.807) is 0 Å². The zero-order chi connectivity index (χ0) is 7.35. The summed E-state index contributed by atoms with van der Waals surface area (Å²) in [5.74, 6) is 1.77. The van der Waals surface area contributed by atoms with Gasteiger partial charge in [-0.3, -0.25) is 0 Å². The molecule has 2 unspecified atom stereocenters. The molecule has 3 aliphatic rings. The molecule has 10 heavy (non-hydrogen) atoms. The zero-order valence-corrected chi connectivity index (χ0v) is 6.85. The van der Waals surface area contributed by atoms with Gasteiger partial charge in [0.05, 0.1) is 0 Å². The third kappa shape index (κ3) is 0.549. The van der Waals surface area contributed by atoms with E-state index in [4.69, 9.17) is 0 Å².